The summed E-state index contributed by atoms with van der Waals surface area (Å²) < 4.78 is 0. The number of nitrogens with one attached hydrogen (secondary N) is 1. The Morgan fingerprint density at radius 1 is 1.06 bits per heavy atom. The first-order valence-electron chi connectivity index (χ1n) is 5.52. The Balaban J connectivity index is 2.15. The third kappa shape index (κ3) is 1.56. The Hall–Kier alpha value is -2.29. The van der Waals surface area contributed by atoms with Crippen LogP contribution in [0.15, 0.2) is 42.5 Å². The molecule has 1 heterocycles. The van der Waals surface area contributed by atoms with Crippen LogP contribution in [0.1, 0.15) is 21.5 Å². The Labute approximate surface area is 99.3 Å². The van der Waals surface area contributed by atoms with Crippen molar-refractivity contribution in [2.24, 2.45) is 5.73 Å². The van der Waals surface area contributed by atoms with Gasteiger partial charge in [0.25, 0.3) is 5.91 Å². The largest absolute Gasteiger partial charge is 0.366 e. The van der Waals surface area contributed by atoms with Crippen LogP contribution < -0.4 is 11.1 Å². The molecule has 0 saturated carbocycles. The summed E-state index contributed by atoms with van der Waals surface area (Å²) in [6, 6.07) is 13.7. The van der Waals surface area contributed by atoms with E-state index in [0.717, 1.165) is 23.4 Å². The lowest BCUT2D eigenvalue weighted by Crippen LogP contribution is -2.16. The number of amides is 1. The zero-order chi connectivity index (χ0) is 11.8. The summed E-state index contributed by atoms with van der Waals surface area (Å²) in [5.74, 6) is -0.395. The fraction of sp³-hybridized carbons (Fsp3) is 0.0714. The van der Waals surface area contributed by atoms with E-state index < -0.39 is 5.91 Å². The van der Waals surface area contributed by atoms with Crippen LogP contribution in [-0.4, -0.2) is 5.91 Å². The second-order valence-electron chi connectivity index (χ2n) is 4.16. The molecule has 0 spiro atoms. The van der Waals surface area contributed by atoms with E-state index in [1.54, 1.807) is 6.07 Å². The Kier molecular flexibility index (Phi) is 2.11. The molecule has 1 aliphatic heterocycles. The molecule has 0 saturated heterocycles. The number of nitrogens with two attached hydrogens (primary N) is 1. The predicted molar refractivity (Wildman–Crippen MR) is 67.5 cm³/mol. The quantitative estimate of drug-likeness (QED) is 0.667. The van der Waals surface area contributed by atoms with Gasteiger partial charge in [0.2, 0.25) is 0 Å². The van der Waals surface area contributed by atoms with Gasteiger partial charge in [-0.1, -0.05) is 30.3 Å². The highest BCUT2D eigenvalue weighted by Gasteiger charge is 2.18. The topological polar surface area (TPSA) is 55.1 Å². The molecule has 1 aliphatic rings. The summed E-state index contributed by atoms with van der Waals surface area (Å²) >= 11 is 0. The van der Waals surface area contributed by atoms with E-state index >= 15 is 0 Å². The second-order valence-corrected chi connectivity index (χ2v) is 4.16. The van der Waals surface area contributed by atoms with Gasteiger partial charge in [0.1, 0.15) is 0 Å². The van der Waals surface area contributed by atoms with Crippen LogP contribution >= 0.6 is 0 Å². The molecule has 0 bridgehead atoms. The van der Waals surface area contributed by atoms with Gasteiger partial charge in [-0.3, -0.25) is 4.79 Å². The highest BCUT2D eigenvalue weighted by atomic mass is 16.1. The van der Waals surface area contributed by atoms with Gasteiger partial charge >= 0.3 is 0 Å². The molecule has 2 aromatic rings. The van der Waals surface area contributed by atoms with Crippen molar-refractivity contribution in [1.82, 2.24) is 0 Å². The summed E-state index contributed by atoms with van der Waals surface area (Å²) in [6.07, 6.45) is 0.833. The van der Waals surface area contributed by atoms with Crippen LogP contribution in [0.3, 0.4) is 0 Å². The Bertz CT molecular complexity index is 605. The maximum Gasteiger partial charge on any atom is 0.250 e. The first-order chi connectivity index (χ1) is 8.25. The van der Waals surface area contributed by atoms with Crippen molar-refractivity contribution >= 4 is 17.3 Å². The molecular formula is C14H12N2O. The fourth-order valence-corrected chi connectivity index (χ4v) is 2.24. The maximum atomic E-state index is 11.4. The van der Waals surface area contributed by atoms with E-state index in [2.05, 4.69) is 11.4 Å². The van der Waals surface area contributed by atoms with Crippen LogP contribution in [0.5, 0.6) is 0 Å². The number of carbonyl (C=O) groups excluding carboxylic acids is 1. The number of benzene rings is 2. The SMILES string of the molecule is NC(=O)c1cccc2c1Nc1ccccc1C2. The van der Waals surface area contributed by atoms with Crippen molar-refractivity contribution in [3.63, 3.8) is 0 Å². The van der Waals surface area contributed by atoms with Crippen LogP contribution in [0.2, 0.25) is 0 Å². The highest BCUT2D eigenvalue weighted by Crippen LogP contribution is 2.34. The zero-order valence-corrected chi connectivity index (χ0v) is 9.23. The van der Waals surface area contributed by atoms with Crippen molar-refractivity contribution < 1.29 is 4.79 Å². The Morgan fingerprint density at radius 2 is 1.82 bits per heavy atom. The molecule has 3 N–H and O–H groups in total. The van der Waals surface area contributed by atoms with E-state index in [1.165, 1.54) is 5.56 Å². The number of hydrogen-bond donors (Lipinski definition) is 2. The lowest BCUT2D eigenvalue weighted by atomic mass is 9.94. The van der Waals surface area contributed by atoms with Gasteiger partial charge in [-0.2, -0.15) is 0 Å². The number of hydrogen-bond acceptors (Lipinski definition) is 2. The lowest BCUT2D eigenvalue weighted by Gasteiger charge is -2.22. The number of anilines is 2. The molecule has 0 radical (unpaired) electrons. The number of carbonyl (C=O) groups is 1. The maximum absolute atomic E-state index is 11.4. The first-order valence-corrected chi connectivity index (χ1v) is 5.52. The molecule has 3 rings (SSSR count). The van der Waals surface area contributed by atoms with E-state index in [4.69, 9.17) is 5.73 Å². The molecule has 1 amide bonds. The number of primary amides is 1. The molecule has 0 unspecified atom stereocenters. The van der Waals surface area contributed by atoms with Crippen molar-refractivity contribution in [2.75, 3.05) is 5.32 Å². The summed E-state index contributed by atoms with van der Waals surface area (Å²) in [5.41, 5.74) is 10.2. The minimum atomic E-state index is -0.395. The molecule has 0 aliphatic carbocycles. The predicted octanol–water partition coefficient (Wildman–Crippen LogP) is 2.43. The monoisotopic (exact) mass is 224 g/mol. The zero-order valence-electron chi connectivity index (χ0n) is 9.23. The number of fused-ring (bicyclic) bond motifs is 2. The molecule has 3 heteroatoms. The molecule has 0 fully saturated rings. The van der Waals surface area contributed by atoms with Gasteiger partial charge in [-0.05, 0) is 23.3 Å². The average Bonchev–Trinajstić information content (AvgIpc) is 2.35. The highest BCUT2D eigenvalue weighted by molar-refractivity contribution is 6.00. The molecule has 0 atom stereocenters. The van der Waals surface area contributed by atoms with Crippen LogP contribution in [0.25, 0.3) is 0 Å². The second kappa shape index (κ2) is 3.63. The smallest absolute Gasteiger partial charge is 0.250 e. The molecule has 17 heavy (non-hydrogen) atoms. The van der Waals surface area contributed by atoms with Gasteiger partial charge in [0, 0.05) is 12.1 Å². The minimum absolute atomic E-state index is 0.395. The third-order valence-electron chi connectivity index (χ3n) is 3.07. The van der Waals surface area contributed by atoms with Gasteiger partial charge in [-0.25, -0.2) is 0 Å². The van der Waals surface area contributed by atoms with E-state index in [9.17, 15) is 4.79 Å². The van der Waals surface area contributed by atoms with Crippen molar-refractivity contribution in [3.05, 3.63) is 59.2 Å². The normalized spacial score (nSPS) is 12.2. The van der Waals surface area contributed by atoms with Gasteiger partial charge in [0.15, 0.2) is 0 Å². The van der Waals surface area contributed by atoms with Crippen molar-refractivity contribution in [1.29, 1.82) is 0 Å². The molecule has 84 valence electrons. The molecule has 2 aromatic carbocycles. The molecular weight excluding hydrogens is 212 g/mol. The van der Waals surface area contributed by atoms with E-state index in [1.807, 2.05) is 30.3 Å². The van der Waals surface area contributed by atoms with Crippen LogP contribution in [-0.2, 0) is 6.42 Å². The average molecular weight is 224 g/mol. The fourth-order valence-electron chi connectivity index (χ4n) is 2.24. The number of rotatable bonds is 1. The first kappa shape index (κ1) is 9.90. The van der Waals surface area contributed by atoms with Gasteiger partial charge in [-0.15, -0.1) is 0 Å². The summed E-state index contributed by atoms with van der Waals surface area (Å²) in [5, 5.41) is 3.29. The van der Waals surface area contributed by atoms with E-state index in [-0.39, 0.29) is 0 Å². The Morgan fingerprint density at radius 3 is 2.65 bits per heavy atom. The van der Waals surface area contributed by atoms with Crippen LogP contribution in [0.4, 0.5) is 11.4 Å². The lowest BCUT2D eigenvalue weighted by molar-refractivity contribution is 0.100. The third-order valence-corrected chi connectivity index (χ3v) is 3.07. The van der Waals surface area contributed by atoms with Gasteiger partial charge in [0.05, 0.1) is 11.3 Å². The van der Waals surface area contributed by atoms with Gasteiger partial charge < -0.3 is 11.1 Å². The number of para-hydroxylation sites is 2. The minimum Gasteiger partial charge on any atom is -0.366 e. The standard InChI is InChI=1S/C14H12N2O/c15-14(17)11-6-3-5-10-8-9-4-1-2-7-12(9)16-13(10)11/h1-7,16H,8H2,(H2,15,17). The van der Waals surface area contributed by atoms with Crippen molar-refractivity contribution in [2.45, 2.75) is 6.42 Å². The van der Waals surface area contributed by atoms with E-state index in [0.29, 0.717) is 5.56 Å². The van der Waals surface area contributed by atoms with Crippen LogP contribution in [0, 0.1) is 0 Å². The molecule has 3 nitrogen and oxygen atoms in total. The summed E-state index contributed by atoms with van der Waals surface area (Å²) in [7, 11) is 0. The summed E-state index contributed by atoms with van der Waals surface area (Å²) in [4.78, 5) is 11.4. The molecule has 0 aromatic heterocycles. The van der Waals surface area contributed by atoms with Crippen molar-refractivity contribution in [3.8, 4) is 0 Å². The summed E-state index contributed by atoms with van der Waals surface area (Å²) in [6.45, 7) is 0.